The van der Waals surface area contributed by atoms with Gasteiger partial charge < -0.3 is 15.0 Å². The largest absolute Gasteiger partial charge is 0.497 e. The van der Waals surface area contributed by atoms with Crippen molar-refractivity contribution in [3.63, 3.8) is 0 Å². The average Bonchev–Trinajstić information content (AvgIpc) is 2.68. The zero-order valence-corrected chi connectivity index (χ0v) is 20.2. The minimum absolute atomic E-state index is 0.160. The lowest BCUT2D eigenvalue weighted by Gasteiger charge is -2.33. The number of ether oxygens (including phenoxy) is 1. The van der Waals surface area contributed by atoms with E-state index in [1.807, 2.05) is 52.0 Å². The Morgan fingerprint density at radius 1 is 1.10 bits per heavy atom. The molecule has 1 atom stereocenters. The fraction of sp³-hybridized carbons (Fsp3) is 0.417. The highest BCUT2D eigenvalue weighted by molar-refractivity contribution is 6.35. The van der Waals surface area contributed by atoms with Crippen LogP contribution in [0.25, 0.3) is 0 Å². The van der Waals surface area contributed by atoms with Gasteiger partial charge in [0, 0.05) is 22.1 Å². The number of hydrogen-bond acceptors (Lipinski definition) is 3. The summed E-state index contributed by atoms with van der Waals surface area (Å²) in [5.74, 6) is 0.368. The van der Waals surface area contributed by atoms with E-state index < -0.39 is 11.6 Å². The highest BCUT2D eigenvalue weighted by Gasteiger charge is 2.31. The Hall–Kier alpha value is -2.24. The SMILES string of the molecule is CC[C@@H](C(=O)NC(C)(C)C)N(Cc1ccc(Cl)cc1Cl)C(=O)Cc1ccc(OC)cc1. The Bertz CT molecular complexity index is 908. The van der Waals surface area contributed by atoms with Crippen molar-refractivity contribution in [1.29, 1.82) is 0 Å². The molecule has 0 saturated carbocycles. The molecule has 0 bridgehead atoms. The molecule has 0 aromatic heterocycles. The number of methoxy groups -OCH3 is 1. The molecule has 1 N–H and O–H groups in total. The smallest absolute Gasteiger partial charge is 0.243 e. The fourth-order valence-electron chi connectivity index (χ4n) is 3.23. The van der Waals surface area contributed by atoms with Gasteiger partial charge in [0.25, 0.3) is 0 Å². The van der Waals surface area contributed by atoms with Crippen molar-refractivity contribution in [2.75, 3.05) is 7.11 Å². The summed E-state index contributed by atoms with van der Waals surface area (Å²) in [6.45, 7) is 7.84. The van der Waals surface area contributed by atoms with E-state index in [1.54, 1.807) is 30.2 Å². The van der Waals surface area contributed by atoms with Crippen molar-refractivity contribution < 1.29 is 14.3 Å². The molecule has 31 heavy (non-hydrogen) atoms. The predicted molar refractivity (Wildman–Crippen MR) is 126 cm³/mol. The highest BCUT2D eigenvalue weighted by Crippen LogP contribution is 2.24. The van der Waals surface area contributed by atoms with Crippen LogP contribution in [0.1, 0.15) is 45.2 Å². The molecule has 168 valence electrons. The molecule has 5 nitrogen and oxygen atoms in total. The van der Waals surface area contributed by atoms with Crippen LogP contribution in [0.4, 0.5) is 0 Å². The molecule has 0 unspecified atom stereocenters. The van der Waals surface area contributed by atoms with E-state index >= 15 is 0 Å². The monoisotopic (exact) mass is 464 g/mol. The second-order valence-corrected chi connectivity index (χ2v) is 9.29. The van der Waals surface area contributed by atoms with Crippen LogP contribution in [0, 0.1) is 0 Å². The third-order valence-corrected chi connectivity index (χ3v) is 5.34. The second kappa shape index (κ2) is 10.9. The summed E-state index contributed by atoms with van der Waals surface area (Å²) in [5.41, 5.74) is 1.16. The zero-order chi connectivity index (χ0) is 23.2. The number of amides is 2. The summed E-state index contributed by atoms with van der Waals surface area (Å²) in [7, 11) is 1.59. The van der Waals surface area contributed by atoms with Gasteiger partial charge in [-0.15, -0.1) is 0 Å². The Labute approximate surface area is 194 Å². The summed E-state index contributed by atoms with van der Waals surface area (Å²) in [5, 5.41) is 3.97. The highest BCUT2D eigenvalue weighted by atomic mass is 35.5. The van der Waals surface area contributed by atoms with Crippen LogP contribution in [0.15, 0.2) is 42.5 Å². The van der Waals surface area contributed by atoms with Crippen LogP contribution >= 0.6 is 23.2 Å². The maximum atomic E-state index is 13.4. The van der Waals surface area contributed by atoms with E-state index in [4.69, 9.17) is 27.9 Å². The van der Waals surface area contributed by atoms with Gasteiger partial charge in [0.05, 0.1) is 13.5 Å². The third-order valence-electron chi connectivity index (χ3n) is 4.75. The van der Waals surface area contributed by atoms with Crippen molar-refractivity contribution in [3.8, 4) is 5.75 Å². The Morgan fingerprint density at radius 2 is 1.74 bits per heavy atom. The van der Waals surface area contributed by atoms with Gasteiger partial charge in [-0.3, -0.25) is 9.59 Å². The Balaban J connectivity index is 2.34. The van der Waals surface area contributed by atoms with E-state index in [-0.39, 0.29) is 24.8 Å². The number of benzene rings is 2. The maximum absolute atomic E-state index is 13.4. The van der Waals surface area contributed by atoms with Gasteiger partial charge in [-0.05, 0) is 62.6 Å². The number of rotatable bonds is 8. The standard InChI is InChI=1S/C24H30Cl2N2O3/c1-6-21(23(30)27-24(2,3)4)28(15-17-9-10-18(25)14-20(17)26)22(29)13-16-7-11-19(31-5)12-8-16/h7-12,14,21H,6,13,15H2,1-5H3,(H,27,30)/t21-/m0/s1. The normalized spacial score (nSPS) is 12.2. The lowest BCUT2D eigenvalue weighted by atomic mass is 10.0. The first-order valence-electron chi connectivity index (χ1n) is 10.2. The lowest BCUT2D eigenvalue weighted by molar-refractivity contribution is -0.141. The number of hydrogen-bond donors (Lipinski definition) is 1. The van der Waals surface area contributed by atoms with Gasteiger partial charge in [-0.25, -0.2) is 0 Å². The molecule has 2 rings (SSSR count). The summed E-state index contributed by atoms with van der Waals surface area (Å²) < 4.78 is 5.18. The van der Waals surface area contributed by atoms with Crippen LogP contribution in [-0.2, 0) is 22.6 Å². The molecule has 7 heteroatoms. The van der Waals surface area contributed by atoms with Crippen LogP contribution < -0.4 is 10.1 Å². The van der Waals surface area contributed by atoms with Crippen LogP contribution in [0.3, 0.4) is 0 Å². The molecule has 0 aliphatic carbocycles. The van der Waals surface area contributed by atoms with Crippen molar-refractivity contribution in [2.45, 2.75) is 58.7 Å². The topological polar surface area (TPSA) is 58.6 Å². The van der Waals surface area contributed by atoms with Gasteiger partial charge in [-0.1, -0.05) is 48.3 Å². The number of carbonyl (C=O) groups is 2. The summed E-state index contributed by atoms with van der Waals surface area (Å²) in [6.07, 6.45) is 0.635. The Kier molecular flexibility index (Phi) is 8.78. The van der Waals surface area contributed by atoms with Gasteiger partial charge in [-0.2, -0.15) is 0 Å². The first-order chi connectivity index (χ1) is 14.5. The van der Waals surface area contributed by atoms with Gasteiger partial charge >= 0.3 is 0 Å². The van der Waals surface area contributed by atoms with Crippen molar-refractivity contribution in [2.24, 2.45) is 0 Å². The molecule has 0 fully saturated rings. The van der Waals surface area contributed by atoms with E-state index in [2.05, 4.69) is 5.32 Å². The van der Waals surface area contributed by atoms with E-state index in [0.717, 1.165) is 16.9 Å². The molecule has 2 amide bonds. The summed E-state index contributed by atoms with van der Waals surface area (Å²) >= 11 is 12.4. The minimum Gasteiger partial charge on any atom is -0.497 e. The molecular weight excluding hydrogens is 435 g/mol. The van der Waals surface area contributed by atoms with Crippen molar-refractivity contribution in [1.82, 2.24) is 10.2 Å². The number of nitrogens with one attached hydrogen (secondary N) is 1. The Morgan fingerprint density at radius 3 is 2.26 bits per heavy atom. The van der Waals surface area contributed by atoms with E-state index in [0.29, 0.717) is 16.5 Å². The first kappa shape index (κ1) is 25.0. The maximum Gasteiger partial charge on any atom is 0.243 e. The van der Waals surface area contributed by atoms with Crippen molar-refractivity contribution in [3.05, 3.63) is 63.6 Å². The molecule has 0 saturated heterocycles. The quantitative estimate of drug-likeness (QED) is 0.578. The third kappa shape index (κ3) is 7.44. The minimum atomic E-state index is -0.628. The summed E-state index contributed by atoms with van der Waals surface area (Å²) in [4.78, 5) is 28.0. The second-order valence-electron chi connectivity index (χ2n) is 8.45. The van der Waals surface area contributed by atoms with Crippen LogP contribution in [0.2, 0.25) is 10.0 Å². The zero-order valence-electron chi connectivity index (χ0n) is 18.7. The van der Waals surface area contributed by atoms with E-state index in [9.17, 15) is 9.59 Å². The number of carbonyl (C=O) groups excluding carboxylic acids is 2. The molecule has 0 radical (unpaired) electrons. The molecular formula is C24H30Cl2N2O3. The van der Waals surface area contributed by atoms with Gasteiger partial charge in [0.15, 0.2) is 0 Å². The fourth-order valence-corrected chi connectivity index (χ4v) is 3.69. The van der Waals surface area contributed by atoms with Crippen molar-refractivity contribution >= 4 is 35.0 Å². The first-order valence-corrected chi connectivity index (χ1v) is 11.0. The number of nitrogens with zero attached hydrogens (tertiary/aromatic N) is 1. The molecule has 0 aliphatic rings. The molecule has 0 heterocycles. The predicted octanol–water partition coefficient (Wildman–Crippen LogP) is 5.27. The lowest BCUT2D eigenvalue weighted by Crippen LogP contribution is -2.53. The van der Waals surface area contributed by atoms with Gasteiger partial charge in [0.1, 0.15) is 11.8 Å². The van der Waals surface area contributed by atoms with Crippen LogP contribution in [0.5, 0.6) is 5.75 Å². The van der Waals surface area contributed by atoms with E-state index in [1.165, 1.54) is 0 Å². The number of halogens is 2. The molecule has 2 aromatic rings. The van der Waals surface area contributed by atoms with Gasteiger partial charge in [0.2, 0.25) is 11.8 Å². The van der Waals surface area contributed by atoms with Crippen LogP contribution in [-0.4, -0.2) is 35.4 Å². The molecule has 0 aliphatic heterocycles. The average molecular weight is 465 g/mol. The molecule has 2 aromatic carbocycles. The summed E-state index contributed by atoms with van der Waals surface area (Å²) in [6, 6.07) is 11.8. The molecule has 0 spiro atoms.